The van der Waals surface area contributed by atoms with Crippen LogP contribution >= 0.6 is 0 Å². The van der Waals surface area contributed by atoms with Crippen LogP contribution in [0.5, 0.6) is 5.88 Å². The summed E-state index contributed by atoms with van der Waals surface area (Å²) in [6.07, 6.45) is 7.17. The average Bonchev–Trinajstić information content (AvgIpc) is 2.46. The number of aromatic nitrogens is 1. The minimum Gasteiger partial charge on any atom is -0.481 e. The lowest BCUT2D eigenvalue weighted by atomic mass is 9.80. The Balaban J connectivity index is 1.77. The maximum absolute atomic E-state index is 5.15. The van der Waals surface area contributed by atoms with Gasteiger partial charge in [-0.3, -0.25) is 0 Å². The zero-order valence-electron chi connectivity index (χ0n) is 12.4. The minimum absolute atomic E-state index is 0.675. The Bertz CT molecular complexity index is 384. The van der Waals surface area contributed by atoms with Gasteiger partial charge in [-0.1, -0.05) is 13.8 Å². The van der Waals surface area contributed by atoms with E-state index in [2.05, 4.69) is 30.2 Å². The number of ether oxygens (including phenoxy) is 1. The fraction of sp³-hybridized carbons (Fsp3) is 0.688. The van der Waals surface area contributed by atoms with Crippen molar-refractivity contribution in [3.8, 4) is 5.88 Å². The van der Waals surface area contributed by atoms with Gasteiger partial charge in [-0.2, -0.15) is 0 Å². The summed E-state index contributed by atoms with van der Waals surface area (Å²) in [5, 5.41) is 3.67. The molecule has 2 rings (SSSR count). The van der Waals surface area contributed by atoms with Gasteiger partial charge in [-0.05, 0) is 49.1 Å². The number of hydrogen-bond donors (Lipinski definition) is 1. The predicted octanol–water partition coefficient (Wildman–Crippen LogP) is 3.39. The Morgan fingerprint density at radius 3 is 2.68 bits per heavy atom. The number of nitrogens with zero attached hydrogens (tertiary/aromatic N) is 1. The van der Waals surface area contributed by atoms with Crippen molar-refractivity contribution in [3.05, 3.63) is 23.9 Å². The van der Waals surface area contributed by atoms with E-state index >= 15 is 0 Å². The van der Waals surface area contributed by atoms with Gasteiger partial charge >= 0.3 is 0 Å². The Labute approximate surface area is 116 Å². The van der Waals surface area contributed by atoms with Crippen LogP contribution in [0.2, 0.25) is 0 Å². The maximum atomic E-state index is 5.15. The first-order valence-electron chi connectivity index (χ1n) is 7.41. The zero-order valence-corrected chi connectivity index (χ0v) is 12.4. The van der Waals surface area contributed by atoms with Crippen LogP contribution in [0, 0.1) is 11.8 Å². The highest BCUT2D eigenvalue weighted by molar-refractivity contribution is 5.20. The summed E-state index contributed by atoms with van der Waals surface area (Å²) in [7, 11) is 1.66. The van der Waals surface area contributed by atoms with E-state index in [4.69, 9.17) is 4.74 Å². The van der Waals surface area contributed by atoms with Crippen LogP contribution in [-0.4, -0.2) is 18.1 Å². The third-order valence-electron chi connectivity index (χ3n) is 4.32. The summed E-state index contributed by atoms with van der Waals surface area (Å²) in [6.45, 7) is 5.61. The largest absolute Gasteiger partial charge is 0.481 e. The second-order valence-electron chi connectivity index (χ2n) is 5.94. The van der Waals surface area contributed by atoms with Gasteiger partial charge in [0.25, 0.3) is 0 Å². The molecule has 1 N–H and O–H groups in total. The molecule has 0 atom stereocenters. The number of methoxy groups -OCH3 is 1. The van der Waals surface area contributed by atoms with Crippen molar-refractivity contribution < 1.29 is 4.74 Å². The molecule has 19 heavy (non-hydrogen) atoms. The third-order valence-corrected chi connectivity index (χ3v) is 4.32. The fourth-order valence-corrected chi connectivity index (χ4v) is 2.92. The minimum atomic E-state index is 0.675. The van der Waals surface area contributed by atoms with Crippen molar-refractivity contribution in [2.45, 2.75) is 52.1 Å². The molecule has 1 heterocycles. The molecule has 0 aliphatic heterocycles. The van der Waals surface area contributed by atoms with E-state index in [0.717, 1.165) is 18.4 Å². The number of hydrogen-bond acceptors (Lipinski definition) is 3. The van der Waals surface area contributed by atoms with Gasteiger partial charge < -0.3 is 10.1 Å². The first kappa shape index (κ1) is 14.3. The van der Waals surface area contributed by atoms with E-state index in [1.807, 2.05) is 12.3 Å². The van der Waals surface area contributed by atoms with E-state index in [-0.39, 0.29) is 0 Å². The van der Waals surface area contributed by atoms with E-state index in [9.17, 15) is 0 Å². The van der Waals surface area contributed by atoms with Crippen molar-refractivity contribution in [1.29, 1.82) is 0 Å². The molecule has 0 aromatic carbocycles. The molecular weight excluding hydrogens is 236 g/mol. The lowest BCUT2D eigenvalue weighted by Crippen LogP contribution is -2.33. The van der Waals surface area contributed by atoms with Gasteiger partial charge in [0, 0.05) is 24.8 Å². The molecule has 0 saturated heterocycles. The van der Waals surface area contributed by atoms with Crippen molar-refractivity contribution in [2.24, 2.45) is 11.8 Å². The molecule has 0 bridgehead atoms. The maximum Gasteiger partial charge on any atom is 0.213 e. The molecule has 106 valence electrons. The number of rotatable bonds is 5. The standard InChI is InChI=1S/C16H26N2O/c1-12(2)14-4-6-15(7-5-14)18-11-13-8-9-17-16(10-13)19-3/h8-10,12,14-15,18H,4-7,11H2,1-3H3. The lowest BCUT2D eigenvalue weighted by molar-refractivity contribution is 0.238. The van der Waals surface area contributed by atoms with E-state index < -0.39 is 0 Å². The second kappa shape index (κ2) is 6.90. The Hall–Kier alpha value is -1.09. The van der Waals surface area contributed by atoms with Crippen LogP contribution in [0.4, 0.5) is 0 Å². The Morgan fingerprint density at radius 1 is 1.32 bits per heavy atom. The summed E-state index contributed by atoms with van der Waals surface area (Å²) in [4.78, 5) is 4.13. The molecule has 0 unspecified atom stereocenters. The fourth-order valence-electron chi connectivity index (χ4n) is 2.92. The quantitative estimate of drug-likeness (QED) is 0.883. The van der Waals surface area contributed by atoms with Gasteiger partial charge in [0.1, 0.15) is 0 Å². The third kappa shape index (κ3) is 4.20. The molecule has 1 aliphatic rings. The molecule has 1 aliphatic carbocycles. The van der Waals surface area contributed by atoms with Crippen LogP contribution in [0.1, 0.15) is 45.1 Å². The van der Waals surface area contributed by atoms with E-state index in [0.29, 0.717) is 11.9 Å². The molecule has 1 aromatic rings. The van der Waals surface area contributed by atoms with E-state index in [1.54, 1.807) is 7.11 Å². The molecule has 1 aromatic heterocycles. The van der Waals surface area contributed by atoms with Crippen LogP contribution < -0.4 is 10.1 Å². The first-order chi connectivity index (χ1) is 9.19. The highest BCUT2D eigenvalue weighted by Gasteiger charge is 2.22. The van der Waals surface area contributed by atoms with Crippen molar-refractivity contribution in [2.75, 3.05) is 7.11 Å². The van der Waals surface area contributed by atoms with Gasteiger partial charge in [-0.15, -0.1) is 0 Å². The Kier molecular flexibility index (Phi) is 5.20. The molecule has 3 nitrogen and oxygen atoms in total. The lowest BCUT2D eigenvalue weighted by Gasteiger charge is -2.31. The molecule has 0 radical (unpaired) electrons. The molecular formula is C16H26N2O. The zero-order chi connectivity index (χ0) is 13.7. The molecule has 0 amide bonds. The van der Waals surface area contributed by atoms with Gasteiger partial charge in [0.15, 0.2) is 0 Å². The summed E-state index contributed by atoms with van der Waals surface area (Å²) >= 11 is 0. The van der Waals surface area contributed by atoms with Crippen LogP contribution in [0.25, 0.3) is 0 Å². The molecule has 1 saturated carbocycles. The smallest absolute Gasteiger partial charge is 0.213 e. The molecule has 3 heteroatoms. The highest BCUT2D eigenvalue weighted by atomic mass is 16.5. The second-order valence-corrected chi connectivity index (χ2v) is 5.94. The monoisotopic (exact) mass is 262 g/mol. The van der Waals surface area contributed by atoms with Crippen LogP contribution in [0.15, 0.2) is 18.3 Å². The summed E-state index contributed by atoms with van der Waals surface area (Å²) in [5.41, 5.74) is 1.25. The van der Waals surface area contributed by atoms with Crippen LogP contribution in [0.3, 0.4) is 0 Å². The van der Waals surface area contributed by atoms with Crippen LogP contribution in [-0.2, 0) is 6.54 Å². The number of pyridine rings is 1. The van der Waals surface area contributed by atoms with Crippen molar-refractivity contribution >= 4 is 0 Å². The first-order valence-corrected chi connectivity index (χ1v) is 7.41. The molecule has 1 fully saturated rings. The normalized spacial score (nSPS) is 23.6. The van der Waals surface area contributed by atoms with E-state index in [1.165, 1.54) is 31.2 Å². The summed E-state index contributed by atoms with van der Waals surface area (Å²) in [5.74, 6) is 2.47. The van der Waals surface area contributed by atoms with Gasteiger partial charge in [-0.25, -0.2) is 4.98 Å². The average molecular weight is 262 g/mol. The van der Waals surface area contributed by atoms with Crippen molar-refractivity contribution in [3.63, 3.8) is 0 Å². The summed E-state index contributed by atoms with van der Waals surface area (Å²) < 4.78 is 5.15. The van der Waals surface area contributed by atoms with Crippen molar-refractivity contribution in [1.82, 2.24) is 10.3 Å². The summed E-state index contributed by atoms with van der Waals surface area (Å²) in [6, 6.07) is 4.73. The molecule has 0 spiro atoms. The highest BCUT2D eigenvalue weighted by Crippen LogP contribution is 2.29. The van der Waals surface area contributed by atoms with Gasteiger partial charge in [0.2, 0.25) is 5.88 Å². The Morgan fingerprint density at radius 2 is 2.05 bits per heavy atom. The number of nitrogens with one attached hydrogen (secondary N) is 1. The topological polar surface area (TPSA) is 34.1 Å². The predicted molar refractivity (Wildman–Crippen MR) is 78.2 cm³/mol. The van der Waals surface area contributed by atoms with Gasteiger partial charge in [0.05, 0.1) is 7.11 Å². The SMILES string of the molecule is COc1cc(CNC2CCC(C(C)C)CC2)ccn1.